The highest BCUT2D eigenvalue weighted by atomic mass is 35.5. The average Bonchev–Trinajstić information content (AvgIpc) is 2.79. The first-order valence-electron chi connectivity index (χ1n) is 5.81. The van der Waals surface area contributed by atoms with Crippen molar-refractivity contribution in [3.05, 3.63) is 41.2 Å². The SMILES string of the molecule is CC(C)n1cc(NCc2cc(Cl)ccc2O)cn1. The van der Waals surface area contributed by atoms with E-state index in [2.05, 4.69) is 24.3 Å². The lowest BCUT2D eigenvalue weighted by Crippen LogP contribution is -2.01. The molecule has 0 aliphatic carbocycles. The minimum absolute atomic E-state index is 0.239. The Morgan fingerprint density at radius 2 is 2.22 bits per heavy atom. The monoisotopic (exact) mass is 265 g/mol. The lowest BCUT2D eigenvalue weighted by molar-refractivity contribution is 0.469. The molecular formula is C13H16ClN3O. The van der Waals surface area contributed by atoms with Crippen molar-refractivity contribution in [2.75, 3.05) is 5.32 Å². The summed E-state index contributed by atoms with van der Waals surface area (Å²) in [5.74, 6) is 0.239. The van der Waals surface area contributed by atoms with Crippen LogP contribution in [0.25, 0.3) is 0 Å². The number of benzene rings is 1. The van der Waals surface area contributed by atoms with Crippen LogP contribution in [0.3, 0.4) is 0 Å². The van der Waals surface area contributed by atoms with Crippen LogP contribution < -0.4 is 5.32 Å². The van der Waals surface area contributed by atoms with Gasteiger partial charge in [-0.3, -0.25) is 4.68 Å². The average molecular weight is 266 g/mol. The van der Waals surface area contributed by atoms with Crippen LogP contribution >= 0.6 is 11.6 Å². The first-order valence-corrected chi connectivity index (χ1v) is 6.19. The first-order chi connectivity index (χ1) is 8.56. The van der Waals surface area contributed by atoms with E-state index in [-0.39, 0.29) is 5.75 Å². The quantitative estimate of drug-likeness (QED) is 0.890. The molecule has 96 valence electrons. The van der Waals surface area contributed by atoms with Gasteiger partial charge in [0.25, 0.3) is 0 Å². The predicted molar refractivity (Wildman–Crippen MR) is 73.1 cm³/mol. The number of halogens is 1. The van der Waals surface area contributed by atoms with Crippen LogP contribution in [-0.4, -0.2) is 14.9 Å². The van der Waals surface area contributed by atoms with Crippen LogP contribution in [0.1, 0.15) is 25.5 Å². The van der Waals surface area contributed by atoms with E-state index in [0.717, 1.165) is 11.3 Å². The lowest BCUT2D eigenvalue weighted by Gasteiger charge is -2.07. The van der Waals surface area contributed by atoms with Crippen molar-refractivity contribution in [2.45, 2.75) is 26.4 Å². The van der Waals surface area contributed by atoms with Crippen LogP contribution in [-0.2, 0) is 6.54 Å². The highest BCUT2D eigenvalue weighted by Crippen LogP contribution is 2.22. The zero-order valence-corrected chi connectivity index (χ0v) is 11.1. The minimum atomic E-state index is 0.239. The third-order valence-electron chi connectivity index (χ3n) is 2.66. The Labute approximate surface area is 111 Å². The molecule has 0 atom stereocenters. The molecule has 0 aliphatic rings. The molecule has 18 heavy (non-hydrogen) atoms. The molecule has 0 saturated heterocycles. The zero-order chi connectivity index (χ0) is 13.1. The second-order valence-corrected chi connectivity index (χ2v) is 4.87. The molecule has 0 saturated carbocycles. The molecule has 0 aliphatic heterocycles. The standard InChI is InChI=1S/C13H16ClN3O/c1-9(2)17-8-12(7-16-17)15-6-10-5-11(14)3-4-13(10)18/h3-5,7-9,15,18H,6H2,1-2H3. The summed E-state index contributed by atoms with van der Waals surface area (Å²) in [5.41, 5.74) is 1.68. The third-order valence-corrected chi connectivity index (χ3v) is 2.89. The van der Waals surface area contributed by atoms with Crippen molar-refractivity contribution in [1.29, 1.82) is 0 Å². The van der Waals surface area contributed by atoms with Crippen molar-refractivity contribution < 1.29 is 5.11 Å². The molecule has 2 N–H and O–H groups in total. The summed E-state index contributed by atoms with van der Waals surface area (Å²) < 4.78 is 1.88. The van der Waals surface area contributed by atoms with Gasteiger partial charge < -0.3 is 10.4 Å². The van der Waals surface area contributed by atoms with E-state index >= 15 is 0 Å². The molecule has 1 aromatic heterocycles. The van der Waals surface area contributed by atoms with Crippen molar-refractivity contribution in [2.24, 2.45) is 0 Å². The van der Waals surface area contributed by atoms with Crippen molar-refractivity contribution in [1.82, 2.24) is 9.78 Å². The summed E-state index contributed by atoms with van der Waals surface area (Å²) in [7, 11) is 0. The topological polar surface area (TPSA) is 50.1 Å². The first kappa shape index (κ1) is 12.8. The molecule has 2 rings (SSSR count). The Morgan fingerprint density at radius 3 is 2.89 bits per heavy atom. The molecular weight excluding hydrogens is 250 g/mol. The fraction of sp³-hybridized carbons (Fsp3) is 0.308. The van der Waals surface area contributed by atoms with Gasteiger partial charge in [-0.2, -0.15) is 5.10 Å². The molecule has 5 heteroatoms. The summed E-state index contributed by atoms with van der Waals surface area (Å²) in [6.45, 7) is 4.65. The second kappa shape index (κ2) is 5.31. The second-order valence-electron chi connectivity index (χ2n) is 4.43. The van der Waals surface area contributed by atoms with E-state index in [1.54, 1.807) is 24.4 Å². The summed E-state index contributed by atoms with van der Waals surface area (Å²) in [6.07, 6.45) is 3.70. The van der Waals surface area contributed by atoms with E-state index in [1.807, 2.05) is 10.9 Å². The number of phenolic OH excluding ortho intramolecular Hbond substituents is 1. The Hall–Kier alpha value is -1.68. The van der Waals surface area contributed by atoms with E-state index in [1.165, 1.54) is 0 Å². The number of anilines is 1. The summed E-state index contributed by atoms with van der Waals surface area (Å²) in [4.78, 5) is 0. The van der Waals surface area contributed by atoms with Gasteiger partial charge in [-0.25, -0.2) is 0 Å². The van der Waals surface area contributed by atoms with E-state index in [9.17, 15) is 5.11 Å². The van der Waals surface area contributed by atoms with Gasteiger partial charge in [-0.05, 0) is 32.0 Å². The summed E-state index contributed by atoms with van der Waals surface area (Å²) in [6, 6.07) is 5.34. The van der Waals surface area contributed by atoms with Gasteiger partial charge >= 0.3 is 0 Å². The number of aromatic hydroxyl groups is 1. The maximum atomic E-state index is 9.69. The van der Waals surface area contributed by atoms with Crippen molar-refractivity contribution in [3.63, 3.8) is 0 Å². The van der Waals surface area contributed by atoms with Gasteiger partial charge in [0.15, 0.2) is 0 Å². The predicted octanol–water partition coefficient (Wildman–Crippen LogP) is 3.44. The van der Waals surface area contributed by atoms with Crippen LogP contribution in [0, 0.1) is 0 Å². The maximum absolute atomic E-state index is 9.69. The van der Waals surface area contributed by atoms with Crippen LogP contribution in [0.15, 0.2) is 30.6 Å². The van der Waals surface area contributed by atoms with Crippen LogP contribution in [0.2, 0.25) is 5.02 Å². The number of phenols is 1. The van der Waals surface area contributed by atoms with Gasteiger partial charge in [0.2, 0.25) is 0 Å². The molecule has 1 aromatic carbocycles. The normalized spacial score (nSPS) is 10.9. The molecule has 0 unspecified atom stereocenters. The molecule has 0 bridgehead atoms. The Balaban J connectivity index is 2.04. The number of rotatable bonds is 4. The van der Waals surface area contributed by atoms with Gasteiger partial charge in [0.1, 0.15) is 5.75 Å². The highest BCUT2D eigenvalue weighted by Gasteiger charge is 2.04. The number of nitrogens with one attached hydrogen (secondary N) is 1. The zero-order valence-electron chi connectivity index (χ0n) is 10.4. The molecule has 4 nitrogen and oxygen atoms in total. The lowest BCUT2D eigenvalue weighted by atomic mass is 10.2. The molecule has 1 heterocycles. The van der Waals surface area contributed by atoms with Gasteiger partial charge in [0, 0.05) is 29.4 Å². The van der Waals surface area contributed by atoms with E-state index in [0.29, 0.717) is 17.6 Å². The van der Waals surface area contributed by atoms with E-state index < -0.39 is 0 Å². The fourth-order valence-corrected chi connectivity index (χ4v) is 1.80. The number of hydrogen-bond acceptors (Lipinski definition) is 3. The molecule has 2 aromatic rings. The molecule has 0 spiro atoms. The summed E-state index contributed by atoms with van der Waals surface area (Å²) in [5, 5.41) is 17.7. The largest absolute Gasteiger partial charge is 0.508 e. The third kappa shape index (κ3) is 2.96. The smallest absolute Gasteiger partial charge is 0.120 e. The van der Waals surface area contributed by atoms with Gasteiger partial charge in [-0.1, -0.05) is 11.6 Å². The molecule has 0 radical (unpaired) electrons. The number of nitrogens with zero attached hydrogens (tertiary/aromatic N) is 2. The summed E-state index contributed by atoms with van der Waals surface area (Å²) >= 11 is 5.89. The number of aromatic nitrogens is 2. The Kier molecular flexibility index (Phi) is 3.77. The van der Waals surface area contributed by atoms with Crippen LogP contribution in [0.4, 0.5) is 5.69 Å². The Morgan fingerprint density at radius 1 is 1.44 bits per heavy atom. The van der Waals surface area contributed by atoms with Crippen molar-refractivity contribution >= 4 is 17.3 Å². The minimum Gasteiger partial charge on any atom is -0.508 e. The van der Waals surface area contributed by atoms with Gasteiger partial charge in [0.05, 0.1) is 11.9 Å². The highest BCUT2D eigenvalue weighted by molar-refractivity contribution is 6.30. The molecule has 0 fully saturated rings. The fourth-order valence-electron chi connectivity index (χ4n) is 1.60. The van der Waals surface area contributed by atoms with E-state index in [4.69, 9.17) is 11.6 Å². The molecule has 0 amide bonds. The van der Waals surface area contributed by atoms with Crippen LogP contribution in [0.5, 0.6) is 5.75 Å². The van der Waals surface area contributed by atoms with Crippen molar-refractivity contribution in [3.8, 4) is 5.75 Å². The maximum Gasteiger partial charge on any atom is 0.120 e. The van der Waals surface area contributed by atoms with Gasteiger partial charge in [-0.15, -0.1) is 0 Å². The Bertz CT molecular complexity index is 537. The number of hydrogen-bond donors (Lipinski definition) is 2.